The van der Waals surface area contributed by atoms with Crippen molar-refractivity contribution in [2.24, 2.45) is 5.92 Å². The molecule has 1 aliphatic carbocycles. The molecular weight excluding hydrogens is 240 g/mol. The van der Waals surface area contributed by atoms with Crippen molar-refractivity contribution in [1.29, 1.82) is 0 Å². The van der Waals surface area contributed by atoms with Crippen LogP contribution in [-0.2, 0) is 17.8 Å². The highest BCUT2D eigenvalue weighted by Crippen LogP contribution is 2.33. The SMILES string of the molecule is CN1CCc2cc(CNC(C(=O)O)C3CC3)ccc21. The Morgan fingerprint density at radius 1 is 1.53 bits per heavy atom. The Hall–Kier alpha value is -1.55. The van der Waals surface area contributed by atoms with E-state index in [1.807, 2.05) is 0 Å². The highest BCUT2D eigenvalue weighted by Gasteiger charge is 2.35. The molecule has 1 fully saturated rings. The quantitative estimate of drug-likeness (QED) is 0.845. The van der Waals surface area contributed by atoms with Crippen molar-refractivity contribution in [3.63, 3.8) is 0 Å². The summed E-state index contributed by atoms with van der Waals surface area (Å²) in [5.41, 5.74) is 3.86. The van der Waals surface area contributed by atoms with Gasteiger partial charge in [0, 0.05) is 25.8 Å². The van der Waals surface area contributed by atoms with E-state index >= 15 is 0 Å². The Morgan fingerprint density at radius 3 is 3.00 bits per heavy atom. The lowest BCUT2D eigenvalue weighted by molar-refractivity contribution is -0.140. The maximum Gasteiger partial charge on any atom is 0.320 e. The summed E-state index contributed by atoms with van der Waals surface area (Å²) in [7, 11) is 2.11. The van der Waals surface area contributed by atoms with Gasteiger partial charge in [0.05, 0.1) is 0 Å². The minimum atomic E-state index is -0.719. The number of anilines is 1. The molecule has 1 unspecified atom stereocenters. The van der Waals surface area contributed by atoms with Crippen LogP contribution in [0.5, 0.6) is 0 Å². The Morgan fingerprint density at radius 2 is 2.32 bits per heavy atom. The first-order chi connectivity index (χ1) is 9.15. The van der Waals surface area contributed by atoms with E-state index in [4.69, 9.17) is 0 Å². The molecule has 1 aromatic carbocycles. The topological polar surface area (TPSA) is 52.6 Å². The Balaban J connectivity index is 1.65. The Kier molecular flexibility index (Phi) is 3.19. The maximum absolute atomic E-state index is 11.2. The second kappa shape index (κ2) is 4.85. The molecule has 102 valence electrons. The highest BCUT2D eigenvalue weighted by atomic mass is 16.4. The number of hydrogen-bond donors (Lipinski definition) is 2. The van der Waals surface area contributed by atoms with Gasteiger partial charge in [-0.2, -0.15) is 0 Å². The summed E-state index contributed by atoms with van der Waals surface area (Å²) < 4.78 is 0. The van der Waals surface area contributed by atoms with E-state index in [-0.39, 0.29) is 6.04 Å². The van der Waals surface area contributed by atoms with Gasteiger partial charge >= 0.3 is 5.97 Å². The van der Waals surface area contributed by atoms with Crippen LogP contribution >= 0.6 is 0 Å². The van der Waals surface area contributed by atoms with Crippen molar-refractivity contribution < 1.29 is 9.90 Å². The molecule has 1 atom stereocenters. The van der Waals surface area contributed by atoms with Gasteiger partial charge < -0.3 is 15.3 Å². The lowest BCUT2D eigenvalue weighted by Gasteiger charge is -2.15. The molecule has 1 aliphatic heterocycles. The van der Waals surface area contributed by atoms with Crippen molar-refractivity contribution in [1.82, 2.24) is 5.32 Å². The van der Waals surface area contributed by atoms with Crippen LogP contribution in [0.25, 0.3) is 0 Å². The molecule has 1 saturated carbocycles. The van der Waals surface area contributed by atoms with Gasteiger partial charge in [-0.25, -0.2) is 0 Å². The third-order valence-corrected chi connectivity index (χ3v) is 4.16. The predicted octanol–water partition coefficient (Wildman–Crippen LogP) is 1.63. The highest BCUT2D eigenvalue weighted by molar-refractivity contribution is 5.74. The van der Waals surface area contributed by atoms with Crippen LogP contribution in [-0.4, -0.2) is 30.7 Å². The minimum absolute atomic E-state index is 0.332. The summed E-state index contributed by atoms with van der Waals surface area (Å²) in [6.45, 7) is 1.72. The van der Waals surface area contributed by atoms with E-state index in [9.17, 15) is 9.90 Å². The zero-order chi connectivity index (χ0) is 13.4. The number of hydrogen-bond acceptors (Lipinski definition) is 3. The van der Waals surface area contributed by atoms with E-state index < -0.39 is 5.97 Å². The first-order valence-corrected chi connectivity index (χ1v) is 6.94. The number of rotatable bonds is 5. The monoisotopic (exact) mass is 260 g/mol. The standard InChI is InChI=1S/C15H20N2O2/c1-17-7-6-12-8-10(2-5-13(12)17)9-16-14(15(18)19)11-3-4-11/h2,5,8,11,14,16H,3-4,6-7,9H2,1H3,(H,18,19). The van der Waals surface area contributed by atoms with Crippen LogP contribution in [0.4, 0.5) is 5.69 Å². The largest absolute Gasteiger partial charge is 0.480 e. The van der Waals surface area contributed by atoms with Crippen LogP contribution in [0.2, 0.25) is 0 Å². The summed E-state index contributed by atoms with van der Waals surface area (Å²) in [5, 5.41) is 12.4. The summed E-state index contributed by atoms with van der Waals surface area (Å²) in [4.78, 5) is 13.4. The van der Waals surface area contributed by atoms with Gasteiger partial charge in [0.2, 0.25) is 0 Å². The van der Waals surface area contributed by atoms with Gasteiger partial charge in [0.25, 0.3) is 0 Å². The van der Waals surface area contributed by atoms with Crippen molar-refractivity contribution in [3.8, 4) is 0 Å². The van der Waals surface area contributed by atoms with Gasteiger partial charge in [0.15, 0.2) is 0 Å². The fraction of sp³-hybridized carbons (Fsp3) is 0.533. The number of likely N-dealkylation sites (N-methyl/N-ethyl adjacent to an activating group) is 1. The number of fused-ring (bicyclic) bond motifs is 1. The Labute approximate surface area is 113 Å². The molecule has 19 heavy (non-hydrogen) atoms. The molecule has 0 radical (unpaired) electrons. The zero-order valence-corrected chi connectivity index (χ0v) is 11.2. The van der Waals surface area contributed by atoms with E-state index in [1.54, 1.807) is 0 Å². The number of aliphatic carboxylic acids is 1. The third-order valence-electron chi connectivity index (χ3n) is 4.16. The van der Waals surface area contributed by atoms with Gasteiger partial charge in [-0.1, -0.05) is 12.1 Å². The number of carboxylic acid groups (broad SMARTS) is 1. The predicted molar refractivity (Wildman–Crippen MR) is 74.4 cm³/mol. The number of carbonyl (C=O) groups is 1. The smallest absolute Gasteiger partial charge is 0.320 e. The normalized spacial score (nSPS) is 19.3. The molecule has 2 aliphatic rings. The molecule has 0 aromatic heterocycles. The van der Waals surface area contributed by atoms with E-state index in [0.717, 1.165) is 25.8 Å². The third kappa shape index (κ3) is 2.59. The first-order valence-electron chi connectivity index (χ1n) is 6.94. The van der Waals surface area contributed by atoms with Crippen LogP contribution in [0, 0.1) is 5.92 Å². The summed E-state index contributed by atoms with van der Waals surface area (Å²) in [6.07, 6.45) is 3.17. The fourth-order valence-electron chi connectivity index (χ4n) is 2.84. The second-order valence-electron chi connectivity index (χ2n) is 5.67. The molecule has 4 nitrogen and oxygen atoms in total. The molecule has 0 saturated heterocycles. The maximum atomic E-state index is 11.2. The summed E-state index contributed by atoms with van der Waals surface area (Å²) in [5.74, 6) is -0.388. The summed E-state index contributed by atoms with van der Waals surface area (Å²) >= 11 is 0. The van der Waals surface area contributed by atoms with Gasteiger partial charge in [-0.15, -0.1) is 0 Å². The molecule has 1 heterocycles. The van der Waals surface area contributed by atoms with Gasteiger partial charge in [-0.3, -0.25) is 4.79 Å². The second-order valence-corrected chi connectivity index (χ2v) is 5.67. The number of nitrogens with one attached hydrogen (secondary N) is 1. The average molecular weight is 260 g/mol. The number of nitrogens with zero attached hydrogens (tertiary/aromatic N) is 1. The molecule has 0 spiro atoms. The van der Waals surface area contributed by atoms with Gasteiger partial charge in [0.1, 0.15) is 6.04 Å². The zero-order valence-electron chi connectivity index (χ0n) is 11.2. The molecule has 3 rings (SSSR count). The van der Waals surface area contributed by atoms with Crippen molar-refractivity contribution in [2.45, 2.75) is 31.8 Å². The molecule has 0 bridgehead atoms. The number of carboxylic acids is 1. The van der Waals surface area contributed by atoms with Gasteiger partial charge in [-0.05, 0) is 42.4 Å². The average Bonchev–Trinajstić information content (AvgIpc) is 3.14. The van der Waals surface area contributed by atoms with Crippen LogP contribution in [0.3, 0.4) is 0 Å². The summed E-state index contributed by atoms with van der Waals surface area (Å²) in [6, 6.07) is 6.07. The minimum Gasteiger partial charge on any atom is -0.480 e. The lowest BCUT2D eigenvalue weighted by atomic mass is 10.1. The van der Waals surface area contributed by atoms with Crippen LogP contribution in [0.15, 0.2) is 18.2 Å². The fourth-order valence-corrected chi connectivity index (χ4v) is 2.84. The Bertz CT molecular complexity index is 497. The molecule has 4 heteroatoms. The molecular formula is C15H20N2O2. The van der Waals surface area contributed by atoms with Crippen molar-refractivity contribution >= 4 is 11.7 Å². The number of benzene rings is 1. The lowest BCUT2D eigenvalue weighted by Crippen LogP contribution is -2.38. The molecule has 1 aromatic rings. The van der Waals surface area contributed by atoms with Crippen LogP contribution in [0.1, 0.15) is 24.0 Å². The molecule has 2 N–H and O–H groups in total. The van der Waals surface area contributed by atoms with Crippen molar-refractivity contribution in [2.75, 3.05) is 18.5 Å². The molecule has 0 amide bonds. The van der Waals surface area contributed by atoms with E-state index in [1.165, 1.54) is 16.8 Å². The van der Waals surface area contributed by atoms with Crippen LogP contribution < -0.4 is 10.2 Å². The van der Waals surface area contributed by atoms with E-state index in [0.29, 0.717) is 12.5 Å². The van der Waals surface area contributed by atoms with Crippen molar-refractivity contribution in [3.05, 3.63) is 29.3 Å². The van der Waals surface area contributed by atoms with E-state index in [2.05, 4.69) is 35.5 Å². The first kappa shape index (κ1) is 12.5.